The van der Waals surface area contributed by atoms with E-state index in [1.165, 1.54) is 69.9 Å². The van der Waals surface area contributed by atoms with Gasteiger partial charge in [0.1, 0.15) is 12.1 Å². The molecule has 1 aromatic carbocycles. The number of benzene rings is 1. The molecule has 1 saturated carbocycles. The summed E-state index contributed by atoms with van der Waals surface area (Å²) in [6, 6.07) is 9.26. The van der Waals surface area contributed by atoms with Gasteiger partial charge in [-0.2, -0.15) is 0 Å². The molecule has 0 radical (unpaired) electrons. The van der Waals surface area contributed by atoms with Gasteiger partial charge in [-0.1, -0.05) is 88.9 Å². The molecule has 1 aliphatic heterocycles. The maximum Gasteiger partial charge on any atom is 0.161 e. The molecule has 3 rings (SSSR count). The number of unbranched alkanes of at least 4 members (excludes halogenated alkanes) is 3. The number of halogens is 3. The largest absolute Gasteiger partial charge is 0.212 e. The summed E-state index contributed by atoms with van der Waals surface area (Å²) < 4.78 is 39.4. The van der Waals surface area contributed by atoms with E-state index >= 15 is 0 Å². The first-order chi connectivity index (χ1) is 15.6. The third-order valence-corrected chi connectivity index (χ3v) is 11.9. The van der Waals surface area contributed by atoms with Crippen LogP contribution < -0.4 is 0 Å². The number of aryl methyl sites for hydroxylation is 1. The first kappa shape index (κ1) is 25.6. The zero-order chi connectivity index (χ0) is 22.8. The summed E-state index contributed by atoms with van der Waals surface area (Å²) in [4.78, 5) is 0. The smallest absolute Gasteiger partial charge is 0.161 e. The van der Waals surface area contributed by atoms with E-state index < -0.39 is 11.6 Å². The van der Waals surface area contributed by atoms with Crippen LogP contribution in [0.2, 0.25) is 18.1 Å². The van der Waals surface area contributed by atoms with Crippen LogP contribution in [0.4, 0.5) is 13.2 Å². The van der Waals surface area contributed by atoms with Crippen molar-refractivity contribution in [2.75, 3.05) is 0 Å². The van der Waals surface area contributed by atoms with Gasteiger partial charge in [-0.05, 0) is 61.1 Å². The topological polar surface area (TPSA) is 0 Å². The Labute approximate surface area is 195 Å². The molecule has 2 aliphatic rings. The van der Waals surface area contributed by atoms with Crippen LogP contribution in [0.5, 0.6) is 0 Å². The minimum Gasteiger partial charge on any atom is -0.212 e. The summed E-state index contributed by atoms with van der Waals surface area (Å²) in [6.45, 7) is 2.31. The van der Waals surface area contributed by atoms with Gasteiger partial charge in [0.25, 0.3) is 0 Å². The van der Waals surface area contributed by atoms with Crippen LogP contribution in [0, 0.1) is 23.6 Å². The first-order valence-electron chi connectivity index (χ1n) is 13.3. The average molecular weight is 465 g/mol. The van der Waals surface area contributed by atoms with E-state index in [0.29, 0.717) is 0 Å². The van der Waals surface area contributed by atoms with Crippen molar-refractivity contribution >= 4 is 14.6 Å². The molecule has 1 saturated heterocycles. The Morgan fingerprint density at radius 1 is 0.969 bits per heavy atom. The van der Waals surface area contributed by atoms with Crippen LogP contribution in [-0.4, -0.2) is 8.80 Å². The molecule has 0 nitrogen and oxygen atoms in total. The van der Waals surface area contributed by atoms with E-state index in [0.717, 1.165) is 36.2 Å². The molecule has 0 spiro atoms. The Morgan fingerprint density at radius 3 is 2.34 bits per heavy atom. The van der Waals surface area contributed by atoms with E-state index in [2.05, 4.69) is 6.92 Å². The molecular formula is C28H43F3Si. The lowest BCUT2D eigenvalue weighted by molar-refractivity contribution is 0.184. The monoisotopic (exact) mass is 464 g/mol. The SMILES string of the molecule is CCCCC[SiH]1CCC(C2CCC(CCCCc3ccc(/C(F)=C\F)c(F)c3)CC2)CC1. The maximum absolute atomic E-state index is 13.9. The lowest BCUT2D eigenvalue weighted by Crippen LogP contribution is -2.28. The third-order valence-electron chi connectivity index (χ3n) is 8.38. The van der Waals surface area contributed by atoms with Crippen LogP contribution in [0.3, 0.4) is 0 Å². The minimum absolute atomic E-state index is 0.186. The van der Waals surface area contributed by atoms with Gasteiger partial charge in [0.2, 0.25) is 0 Å². The standard InChI is InChI=1S/C28H43F3Si/c1-2-3-6-17-32-18-15-25(16-19-32)24-12-9-22(10-13-24)7-4-5-8-23-11-14-26(27(30)20-23)28(31)21-29/h11,14,20-22,24-25,32H,2-10,12-13,15-19H2,1H3/b28-21+. The maximum atomic E-state index is 13.9. The summed E-state index contributed by atoms with van der Waals surface area (Å²) in [7, 11) is -0.383. The van der Waals surface area contributed by atoms with Gasteiger partial charge < -0.3 is 0 Å². The number of hydrogen-bond acceptors (Lipinski definition) is 0. The molecule has 0 atom stereocenters. The molecule has 0 N–H and O–H groups in total. The van der Waals surface area contributed by atoms with Crippen LogP contribution in [0.15, 0.2) is 24.5 Å². The lowest BCUT2D eigenvalue weighted by atomic mass is 9.73. The van der Waals surface area contributed by atoms with E-state index in [9.17, 15) is 13.2 Å². The van der Waals surface area contributed by atoms with Gasteiger partial charge in [-0.25, -0.2) is 13.2 Å². The van der Waals surface area contributed by atoms with Crippen LogP contribution in [0.25, 0.3) is 5.83 Å². The fraction of sp³-hybridized carbons (Fsp3) is 0.714. The molecule has 0 unspecified atom stereocenters. The molecule has 0 amide bonds. The van der Waals surface area contributed by atoms with Gasteiger partial charge in [0, 0.05) is 14.4 Å². The summed E-state index contributed by atoms with van der Waals surface area (Å²) in [5.74, 6) is 1.07. The van der Waals surface area contributed by atoms with E-state index in [-0.39, 0.29) is 20.7 Å². The Kier molecular flexibility index (Phi) is 10.9. The second-order valence-corrected chi connectivity index (χ2v) is 14.0. The minimum atomic E-state index is -1.15. The van der Waals surface area contributed by atoms with E-state index in [1.54, 1.807) is 37.0 Å². The highest BCUT2D eigenvalue weighted by molar-refractivity contribution is 6.58. The second kappa shape index (κ2) is 13.6. The van der Waals surface area contributed by atoms with E-state index in [1.807, 2.05) is 0 Å². The van der Waals surface area contributed by atoms with Crippen molar-refractivity contribution in [1.29, 1.82) is 0 Å². The normalized spacial score (nSPS) is 26.9. The zero-order valence-corrected chi connectivity index (χ0v) is 21.2. The zero-order valence-electron chi connectivity index (χ0n) is 20.1. The molecule has 1 aliphatic carbocycles. The van der Waals surface area contributed by atoms with Crippen molar-refractivity contribution in [2.24, 2.45) is 17.8 Å². The third kappa shape index (κ3) is 7.78. The van der Waals surface area contributed by atoms with Crippen molar-refractivity contribution in [3.63, 3.8) is 0 Å². The Balaban J connectivity index is 1.29. The highest BCUT2D eigenvalue weighted by Crippen LogP contribution is 2.42. The summed E-state index contributed by atoms with van der Waals surface area (Å²) in [6.07, 6.45) is 17.2. The van der Waals surface area contributed by atoms with Crippen LogP contribution in [0.1, 0.15) is 95.1 Å². The van der Waals surface area contributed by atoms with Crippen LogP contribution in [-0.2, 0) is 6.42 Å². The molecule has 1 aromatic rings. The molecule has 180 valence electrons. The molecule has 0 aromatic heterocycles. The van der Waals surface area contributed by atoms with Gasteiger partial charge in [-0.15, -0.1) is 0 Å². The molecule has 0 bridgehead atoms. The van der Waals surface area contributed by atoms with Crippen molar-refractivity contribution in [3.05, 3.63) is 41.5 Å². The van der Waals surface area contributed by atoms with Gasteiger partial charge in [0.05, 0.1) is 0 Å². The predicted molar refractivity (Wildman–Crippen MR) is 133 cm³/mol. The van der Waals surface area contributed by atoms with E-state index in [4.69, 9.17) is 0 Å². The highest BCUT2D eigenvalue weighted by atomic mass is 28.3. The van der Waals surface area contributed by atoms with Gasteiger partial charge >= 0.3 is 0 Å². The molecule has 32 heavy (non-hydrogen) atoms. The van der Waals surface area contributed by atoms with Gasteiger partial charge in [0.15, 0.2) is 5.83 Å². The Bertz CT molecular complexity index is 701. The Morgan fingerprint density at radius 2 is 1.69 bits per heavy atom. The van der Waals surface area contributed by atoms with Gasteiger partial charge in [-0.3, -0.25) is 0 Å². The molecule has 2 fully saturated rings. The number of hydrogen-bond donors (Lipinski definition) is 0. The molecular weight excluding hydrogens is 421 g/mol. The fourth-order valence-corrected chi connectivity index (χ4v) is 9.84. The summed E-state index contributed by atoms with van der Waals surface area (Å²) in [5, 5.41) is 0. The highest BCUT2D eigenvalue weighted by Gasteiger charge is 2.30. The predicted octanol–water partition coefficient (Wildman–Crippen LogP) is 9.41. The summed E-state index contributed by atoms with van der Waals surface area (Å²) >= 11 is 0. The average Bonchev–Trinajstić information content (AvgIpc) is 2.82. The second-order valence-electron chi connectivity index (χ2n) is 10.6. The van der Waals surface area contributed by atoms with Crippen molar-refractivity contribution < 1.29 is 13.2 Å². The quantitative estimate of drug-likeness (QED) is 0.226. The fourth-order valence-electron chi connectivity index (χ4n) is 6.31. The first-order valence-corrected chi connectivity index (χ1v) is 15.8. The lowest BCUT2D eigenvalue weighted by Gasteiger charge is -2.37. The Hall–Kier alpha value is -1.03. The molecule has 1 heterocycles. The molecule has 4 heteroatoms. The summed E-state index contributed by atoms with van der Waals surface area (Å²) in [5.41, 5.74) is 0.579. The van der Waals surface area contributed by atoms with Crippen molar-refractivity contribution in [1.82, 2.24) is 0 Å². The number of rotatable bonds is 11. The van der Waals surface area contributed by atoms with Crippen molar-refractivity contribution in [2.45, 2.75) is 109 Å². The van der Waals surface area contributed by atoms with Crippen LogP contribution >= 0.6 is 0 Å². The van der Waals surface area contributed by atoms with Crippen molar-refractivity contribution in [3.8, 4) is 0 Å².